The van der Waals surface area contributed by atoms with Gasteiger partial charge in [-0.1, -0.05) is 41.9 Å². The number of halogens is 1. The van der Waals surface area contributed by atoms with Crippen molar-refractivity contribution in [2.24, 2.45) is 0 Å². The Morgan fingerprint density at radius 1 is 0.947 bits per heavy atom. The van der Waals surface area contributed by atoms with Gasteiger partial charge in [-0.2, -0.15) is 0 Å². The second-order valence-electron chi connectivity index (χ2n) is 4.19. The zero-order chi connectivity index (χ0) is 13.2. The van der Waals surface area contributed by atoms with E-state index < -0.39 is 0 Å². The Bertz CT molecular complexity index is 742. The summed E-state index contributed by atoms with van der Waals surface area (Å²) in [5, 5.41) is 0.727. The highest BCUT2D eigenvalue weighted by atomic mass is 35.5. The fourth-order valence-electron chi connectivity index (χ4n) is 1.95. The Balaban J connectivity index is 2.07. The van der Waals surface area contributed by atoms with Gasteiger partial charge in [0.05, 0.1) is 5.69 Å². The third kappa shape index (κ3) is 2.48. The summed E-state index contributed by atoms with van der Waals surface area (Å²) in [6.07, 6.45) is 2.00. The van der Waals surface area contributed by atoms with Crippen molar-refractivity contribution in [3.63, 3.8) is 0 Å². The molecule has 1 aromatic heterocycles. The molecule has 3 aromatic rings. The quantitative estimate of drug-likeness (QED) is 0.668. The minimum Gasteiger partial charge on any atom is -0.330 e. The van der Waals surface area contributed by atoms with Gasteiger partial charge >= 0.3 is 0 Å². The monoisotopic (exact) mass is 286 g/mol. The van der Waals surface area contributed by atoms with Crippen molar-refractivity contribution in [1.82, 2.24) is 9.55 Å². The highest BCUT2D eigenvalue weighted by Crippen LogP contribution is 2.21. The Morgan fingerprint density at radius 3 is 2.32 bits per heavy atom. The molecule has 0 aliphatic rings. The van der Waals surface area contributed by atoms with Crippen LogP contribution in [0.1, 0.15) is 0 Å². The summed E-state index contributed by atoms with van der Waals surface area (Å²) in [6.45, 7) is 0. The maximum atomic E-state index is 5.90. The van der Waals surface area contributed by atoms with Gasteiger partial charge in [-0.05, 0) is 42.0 Å². The van der Waals surface area contributed by atoms with Crippen LogP contribution in [0.3, 0.4) is 0 Å². The molecule has 0 atom stereocenters. The summed E-state index contributed by atoms with van der Waals surface area (Å²) >= 11 is 11.3. The molecular formula is C15H11ClN2S. The molecule has 94 valence electrons. The number of hydrogen-bond acceptors (Lipinski definition) is 1. The van der Waals surface area contributed by atoms with Crippen LogP contribution in [-0.4, -0.2) is 9.55 Å². The van der Waals surface area contributed by atoms with Crippen LogP contribution in [0.25, 0.3) is 16.9 Å². The van der Waals surface area contributed by atoms with Gasteiger partial charge in [0.25, 0.3) is 0 Å². The molecule has 3 rings (SSSR count). The first-order chi connectivity index (χ1) is 9.24. The van der Waals surface area contributed by atoms with E-state index in [-0.39, 0.29) is 0 Å². The second kappa shape index (κ2) is 5.03. The minimum absolute atomic E-state index is 0.677. The standard InChI is InChI=1S/C15H11ClN2S/c16-12-8-6-11(7-9-12)14-10-18(15(19)17-14)13-4-2-1-3-5-13/h1-10H,(H,17,19). The second-order valence-corrected chi connectivity index (χ2v) is 5.01. The van der Waals surface area contributed by atoms with Gasteiger partial charge in [0, 0.05) is 16.9 Å². The maximum Gasteiger partial charge on any atom is 0.182 e. The van der Waals surface area contributed by atoms with E-state index in [1.165, 1.54) is 0 Å². The molecule has 0 aliphatic carbocycles. The van der Waals surface area contributed by atoms with E-state index in [1.807, 2.05) is 65.4 Å². The topological polar surface area (TPSA) is 20.7 Å². The molecule has 0 radical (unpaired) electrons. The SMILES string of the molecule is S=c1[nH]c(-c2ccc(Cl)cc2)cn1-c1ccccc1. The van der Waals surface area contributed by atoms with Crippen molar-refractivity contribution in [2.45, 2.75) is 0 Å². The van der Waals surface area contributed by atoms with Crippen molar-refractivity contribution < 1.29 is 0 Å². The number of H-pyrrole nitrogens is 1. The van der Waals surface area contributed by atoms with Crippen LogP contribution in [0.15, 0.2) is 60.8 Å². The number of aromatic amines is 1. The lowest BCUT2D eigenvalue weighted by Gasteiger charge is -2.00. The zero-order valence-electron chi connectivity index (χ0n) is 10.0. The van der Waals surface area contributed by atoms with E-state index in [9.17, 15) is 0 Å². The number of hydrogen-bond donors (Lipinski definition) is 1. The molecular weight excluding hydrogens is 276 g/mol. The molecule has 19 heavy (non-hydrogen) atoms. The first-order valence-electron chi connectivity index (χ1n) is 5.87. The first-order valence-corrected chi connectivity index (χ1v) is 6.66. The van der Waals surface area contributed by atoms with Gasteiger partial charge in [0.1, 0.15) is 0 Å². The van der Waals surface area contributed by atoms with Crippen LogP contribution in [0.5, 0.6) is 0 Å². The highest BCUT2D eigenvalue weighted by molar-refractivity contribution is 7.71. The summed E-state index contributed by atoms with van der Waals surface area (Å²) in [5.41, 5.74) is 3.08. The Hall–Kier alpha value is -1.84. The van der Waals surface area contributed by atoms with Crippen molar-refractivity contribution in [2.75, 3.05) is 0 Å². The number of nitrogens with zero attached hydrogens (tertiary/aromatic N) is 1. The van der Waals surface area contributed by atoms with Crippen molar-refractivity contribution in [3.05, 3.63) is 70.6 Å². The number of nitrogens with one attached hydrogen (secondary N) is 1. The molecule has 0 saturated carbocycles. The molecule has 4 heteroatoms. The van der Waals surface area contributed by atoms with E-state index >= 15 is 0 Å². The van der Waals surface area contributed by atoms with E-state index in [0.717, 1.165) is 22.0 Å². The normalized spacial score (nSPS) is 10.6. The Kier molecular flexibility index (Phi) is 3.23. The number of benzene rings is 2. The molecule has 2 aromatic carbocycles. The van der Waals surface area contributed by atoms with Crippen LogP contribution in [-0.2, 0) is 0 Å². The van der Waals surface area contributed by atoms with Crippen LogP contribution < -0.4 is 0 Å². The van der Waals surface area contributed by atoms with E-state index in [2.05, 4.69) is 4.98 Å². The van der Waals surface area contributed by atoms with Gasteiger partial charge in [0.15, 0.2) is 4.77 Å². The molecule has 0 saturated heterocycles. The molecule has 0 unspecified atom stereocenters. The largest absolute Gasteiger partial charge is 0.330 e. The Labute approximate surface area is 121 Å². The summed E-state index contributed by atoms with van der Waals surface area (Å²) < 4.78 is 2.63. The molecule has 0 aliphatic heterocycles. The zero-order valence-corrected chi connectivity index (χ0v) is 11.6. The van der Waals surface area contributed by atoms with E-state index in [4.69, 9.17) is 23.8 Å². The fourth-order valence-corrected chi connectivity index (χ4v) is 2.35. The fraction of sp³-hybridized carbons (Fsp3) is 0. The average molecular weight is 287 g/mol. The first kappa shape index (κ1) is 12.2. The number of para-hydroxylation sites is 1. The lowest BCUT2D eigenvalue weighted by Crippen LogP contribution is -1.90. The lowest BCUT2D eigenvalue weighted by molar-refractivity contribution is 1.03. The Morgan fingerprint density at radius 2 is 1.63 bits per heavy atom. The van der Waals surface area contributed by atoms with Gasteiger partial charge < -0.3 is 4.98 Å². The third-order valence-electron chi connectivity index (χ3n) is 2.91. The van der Waals surface area contributed by atoms with E-state index in [1.54, 1.807) is 0 Å². The van der Waals surface area contributed by atoms with Gasteiger partial charge in [-0.3, -0.25) is 4.57 Å². The third-order valence-corrected chi connectivity index (χ3v) is 3.46. The molecule has 0 fully saturated rings. The molecule has 2 nitrogen and oxygen atoms in total. The summed E-state index contributed by atoms with van der Waals surface area (Å²) in [5.74, 6) is 0. The maximum absolute atomic E-state index is 5.90. The number of aromatic nitrogens is 2. The highest BCUT2D eigenvalue weighted by Gasteiger charge is 2.04. The predicted molar refractivity (Wildman–Crippen MR) is 81.4 cm³/mol. The number of rotatable bonds is 2. The summed E-state index contributed by atoms with van der Waals surface area (Å²) in [4.78, 5) is 3.21. The van der Waals surface area contributed by atoms with E-state index in [0.29, 0.717) is 4.77 Å². The van der Waals surface area contributed by atoms with Crippen molar-refractivity contribution in [3.8, 4) is 16.9 Å². The van der Waals surface area contributed by atoms with Crippen molar-refractivity contribution >= 4 is 23.8 Å². The predicted octanol–water partition coefficient (Wildman–Crippen LogP) is 4.86. The van der Waals surface area contributed by atoms with Crippen LogP contribution in [0, 0.1) is 4.77 Å². The molecule has 1 heterocycles. The number of imidazole rings is 1. The van der Waals surface area contributed by atoms with Gasteiger partial charge in [-0.25, -0.2) is 0 Å². The lowest BCUT2D eigenvalue weighted by atomic mass is 10.2. The molecule has 0 spiro atoms. The van der Waals surface area contributed by atoms with Gasteiger partial charge in [0.2, 0.25) is 0 Å². The molecule has 0 bridgehead atoms. The van der Waals surface area contributed by atoms with Crippen molar-refractivity contribution in [1.29, 1.82) is 0 Å². The average Bonchev–Trinajstić information content (AvgIpc) is 2.83. The van der Waals surface area contributed by atoms with Crippen LogP contribution >= 0.6 is 23.8 Å². The van der Waals surface area contributed by atoms with Crippen LogP contribution in [0.2, 0.25) is 5.02 Å². The van der Waals surface area contributed by atoms with Gasteiger partial charge in [-0.15, -0.1) is 0 Å². The summed E-state index contributed by atoms with van der Waals surface area (Å²) in [7, 11) is 0. The van der Waals surface area contributed by atoms with Crippen LogP contribution in [0.4, 0.5) is 0 Å². The smallest absolute Gasteiger partial charge is 0.182 e. The summed E-state index contributed by atoms with van der Waals surface area (Å²) in [6, 6.07) is 17.7. The molecule has 0 amide bonds. The molecule has 1 N–H and O–H groups in total. The minimum atomic E-state index is 0.677.